The average molecular weight is 610 g/mol. The molecule has 37 heavy (non-hydrogen) atoms. The van der Waals surface area contributed by atoms with Crippen LogP contribution in [0.1, 0.15) is 6.42 Å². The van der Waals surface area contributed by atoms with Crippen molar-refractivity contribution in [1.29, 1.82) is 0 Å². The number of hydrogen-bond acceptors (Lipinski definition) is 3. The van der Waals surface area contributed by atoms with Crippen molar-refractivity contribution in [3.63, 3.8) is 0 Å². The van der Waals surface area contributed by atoms with Gasteiger partial charge in [-0.3, -0.25) is 4.55 Å². The van der Waals surface area contributed by atoms with Crippen molar-refractivity contribution in [3.8, 4) is 12.3 Å². The van der Waals surface area contributed by atoms with Crippen LogP contribution in [-0.2, 0) is 14.9 Å². The first kappa shape index (κ1) is 35.2. The number of halogens is 17. The van der Waals surface area contributed by atoms with E-state index in [4.69, 9.17) is 4.55 Å². The lowest BCUT2D eigenvalue weighted by atomic mass is 9.84. The topological polar surface area (TPSA) is 63.6 Å². The van der Waals surface area contributed by atoms with E-state index in [1.165, 1.54) is 0 Å². The van der Waals surface area contributed by atoms with E-state index in [9.17, 15) is 83.1 Å². The summed E-state index contributed by atoms with van der Waals surface area (Å²) in [4.78, 5) is 0. The highest BCUT2D eigenvalue weighted by Gasteiger charge is 2.95. The van der Waals surface area contributed by atoms with Crippen molar-refractivity contribution in [2.24, 2.45) is 5.92 Å². The lowest BCUT2D eigenvalue weighted by molar-refractivity contribution is -0.463. The Bertz CT molecular complexity index is 949. The summed E-state index contributed by atoms with van der Waals surface area (Å²) >= 11 is 0. The first-order valence-electron chi connectivity index (χ1n) is 8.59. The normalized spacial score (nSPS) is 16.5. The van der Waals surface area contributed by atoms with E-state index in [-0.39, 0.29) is 0 Å². The van der Waals surface area contributed by atoms with E-state index in [0.717, 1.165) is 0 Å². The first-order chi connectivity index (χ1) is 15.9. The molecule has 220 valence electrons. The summed E-state index contributed by atoms with van der Waals surface area (Å²) in [6.07, 6.45) is -5.17. The zero-order valence-corrected chi connectivity index (χ0v) is 17.8. The summed E-state index contributed by atoms with van der Waals surface area (Å²) in [7, 11) is -5.91. The number of ether oxygens (including phenoxy) is 1. The minimum Gasteiger partial charge on any atom is -0.369 e. The van der Waals surface area contributed by atoms with Gasteiger partial charge in [0, 0.05) is 12.5 Å². The average Bonchev–Trinajstić information content (AvgIpc) is 2.67. The van der Waals surface area contributed by atoms with E-state index < -0.39 is 89.1 Å². The zero-order chi connectivity index (χ0) is 30.3. The third-order valence-corrected chi connectivity index (χ3v) is 5.29. The molecule has 0 bridgehead atoms. The zero-order valence-electron chi connectivity index (χ0n) is 17.0. The van der Waals surface area contributed by atoms with Gasteiger partial charge in [0.05, 0.1) is 5.75 Å². The van der Waals surface area contributed by atoms with Gasteiger partial charge < -0.3 is 4.74 Å². The van der Waals surface area contributed by atoms with Gasteiger partial charge in [0.1, 0.15) is 6.61 Å². The van der Waals surface area contributed by atoms with Gasteiger partial charge in [0.2, 0.25) is 0 Å². The van der Waals surface area contributed by atoms with E-state index in [1.807, 2.05) is 0 Å². The molecule has 1 unspecified atom stereocenters. The van der Waals surface area contributed by atoms with Gasteiger partial charge in [-0.05, 0) is 6.42 Å². The van der Waals surface area contributed by atoms with Crippen molar-refractivity contribution >= 4 is 10.1 Å². The molecule has 0 radical (unpaired) electrons. The molecule has 1 N–H and O–H groups in total. The van der Waals surface area contributed by atoms with Crippen molar-refractivity contribution in [2.75, 3.05) is 19.0 Å². The highest BCUT2D eigenvalue weighted by atomic mass is 32.2. The molecule has 0 heterocycles. The SMILES string of the molecule is C#CCOCCC(CS(=O)(=O)O)C(F)(F)C(F)(F)C(F)(F)C(F)(F)C(F)(F)C(F)(F)C(F)(F)C(F)(F)F. The molecule has 0 spiro atoms. The van der Waals surface area contributed by atoms with E-state index in [2.05, 4.69) is 11.2 Å². The van der Waals surface area contributed by atoms with Crippen LogP contribution < -0.4 is 0 Å². The fourth-order valence-corrected chi connectivity index (χ4v) is 3.30. The molecule has 0 aliphatic carbocycles. The monoisotopic (exact) mass is 610 g/mol. The second kappa shape index (κ2) is 10.1. The predicted molar refractivity (Wildman–Crippen MR) is 84.9 cm³/mol. The Morgan fingerprint density at radius 1 is 0.676 bits per heavy atom. The molecule has 0 rings (SSSR count). The van der Waals surface area contributed by atoms with Crippen LogP contribution in [0.4, 0.5) is 74.6 Å². The second-order valence-corrected chi connectivity index (χ2v) is 8.56. The molecule has 0 aromatic rings. The highest BCUT2D eigenvalue weighted by molar-refractivity contribution is 7.85. The molecule has 1 atom stereocenters. The first-order valence-corrected chi connectivity index (χ1v) is 10.2. The van der Waals surface area contributed by atoms with Crippen LogP contribution in [0.15, 0.2) is 0 Å². The minimum absolute atomic E-state index is 0.858. The Morgan fingerprint density at radius 2 is 1.03 bits per heavy atom. The molecule has 22 heteroatoms. The maximum Gasteiger partial charge on any atom is 0.460 e. The lowest BCUT2D eigenvalue weighted by Gasteiger charge is -2.44. The number of hydrogen-bond donors (Lipinski definition) is 1. The number of alkyl halides is 17. The van der Waals surface area contributed by atoms with E-state index >= 15 is 0 Å². The predicted octanol–water partition coefficient (Wildman–Crippen LogP) is 5.54. The summed E-state index contributed by atoms with van der Waals surface area (Å²) < 4.78 is 261. The summed E-state index contributed by atoms with van der Waals surface area (Å²) in [5.74, 6) is -63.3. The van der Waals surface area contributed by atoms with Gasteiger partial charge in [0.15, 0.2) is 0 Å². The summed E-state index contributed by atoms with van der Waals surface area (Å²) in [5, 5.41) is 0. The van der Waals surface area contributed by atoms with Gasteiger partial charge in [0.25, 0.3) is 10.1 Å². The minimum atomic E-state index is -8.81. The third-order valence-electron chi connectivity index (χ3n) is 4.47. The maximum atomic E-state index is 14.2. The van der Waals surface area contributed by atoms with Gasteiger partial charge in [-0.25, -0.2) is 0 Å². The Morgan fingerprint density at radius 3 is 1.35 bits per heavy atom. The standard InChI is InChI=1S/C15H11F17O4S/c1-2-4-36-5-3-7(6-37(33,34)35)8(16,17)9(18,19)10(20,21)11(22,23)12(24,25)13(26,27)14(28,29)15(30,31)32/h1,7H,3-6H2,(H,33,34,35). The largest absolute Gasteiger partial charge is 0.460 e. The fraction of sp³-hybridized carbons (Fsp3) is 0.867. The van der Waals surface area contributed by atoms with Crippen LogP contribution in [0.25, 0.3) is 0 Å². The molecule has 0 amide bonds. The van der Waals surface area contributed by atoms with Crippen LogP contribution >= 0.6 is 0 Å². The lowest BCUT2D eigenvalue weighted by Crippen LogP contribution is -2.75. The molecular weight excluding hydrogens is 599 g/mol. The third kappa shape index (κ3) is 5.81. The quantitative estimate of drug-likeness (QED) is 0.129. The Balaban J connectivity index is 6.86. The molecular formula is C15H11F17O4S. The van der Waals surface area contributed by atoms with Gasteiger partial charge in [-0.2, -0.15) is 83.1 Å². The maximum absolute atomic E-state index is 14.2. The van der Waals surface area contributed by atoms with E-state index in [1.54, 1.807) is 5.92 Å². The van der Waals surface area contributed by atoms with Crippen molar-refractivity contribution < 1.29 is 92.3 Å². The van der Waals surface area contributed by atoms with Crippen LogP contribution in [0.2, 0.25) is 0 Å². The summed E-state index contributed by atoms with van der Waals surface area (Å²) in [5.41, 5.74) is 0. The van der Waals surface area contributed by atoms with Crippen LogP contribution in [0.5, 0.6) is 0 Å². The molecule has 0 aromatic carbocycles. The number of rotatable bonds is 13. The molecule has 0 fully saturated rings. The number of terminal acetylenes is 1. The molecule has 0 aromatic heterocycles. The molecule has 0 saturated carbocycles. The van der Waals surface area contributed by atoms with E-state index in [0.29, 0.717) is 0 Å². The summed E-state index contributed by atoms with van der Waals surface area (Å²) in [6.45, 7) is -2.24. The van der Waals surface area contributed by atoms with Crippen molar-refractivity contribution in [2.45, 2.75) is 54.1 Å². The van der Waals surface area contributed by atoms with Crippen LogP contribution in [-0.4, -0.2) is 79.6 Å². The Hall–Kier alpha value is -1.76. The Labute approximate surface area is 194 Å². The molecule has 0 aliphatic heterocycles. The smallest absolute Gasteiger partial charge is 0.369 e. The van der Waals surface area contributed by atoms with Gasteiger partial charge in [-0.15, -0.1) is 6.42 Å². The van der Waals surface area contributed by atoms with Crippen LogP contribution in [0.3, 0.4) is 0 Å². The summed E-state index contributed by atoms with van der Waals surface area (Å²) in [6, 6.07) is 0. The van der Waals surface area contributed by atoms with Crippen molar-refractivity contribution in [3.05, 3.63) is 0 Å². The van der Waals surface area contributed by atoms with Gasteiger partial charge >= 0.3 is 47.6 Å². The highest BCUT2D eigenvalue weighted by Crippen LogP contribution is 2.64. The molecule has 0 aliphatic rings. The Kier molecular flexibility index (Phi) is 9.61. The van der Waals surface area contributed by atoms with Crippen LogP contribution in [0, 0.1) is 18.3 Å². The molecule has 0 saturated heterocycles. The van der Waals surface area contributed by atoms with Gasteiger partial charge in [-0.1, -0.05) is 5.92 Å². The second-order valence-electron chi connectivity index (χ2n) is 7.06. The fourth-order valence-electron chi connectivity index (χ4n) is 2.41. The van der Waals surface area contributed by atoms with Crippen molar-refractivity contribution in [1.82, 2.24) is 0 Å². The molecule has 4 nitrogen and oxygen atoms in total.